The normalized spacial score (nSPS) is 19.2. The smallest absolute Gasteiger partial charge is 0.126 e. The summed E-state index contributed by atoms with van der Waals surface area (Å²) in [5, 5.41) is 0. The van der Waals surface area contributed by atoms with Crippen LogP contribution in [0.1, 0.15) is 92.0 Å². The van der Waals surface area contributed by atoms with Crippen molar-refractivity contribution in [1.29, 1.82) is 0 Å². The Morgan fingerprint density at radius 3 is 2.20 bits per heavy atom. The molecular weight excluding hydrogens is 427 g/mol. The SMILES string of the molecule is CC=CCCc1ccc(CCc2ccc(C3CCC(C[C@@H](C)c4ccccc4)CC3)cc2)cc1F. The van der Waals surface area contributed by atoms with E-state index in [9.17, 15) is 4.39 Å². The van der Waals surface area contributed by atoms with Gasteiger partial charge in [-0.05, 0) is 116 Å². The first-order chi connectivity index (χ1) is 17.1. The van der Waals surface area contributed by atoms with Crippen molar-refractivity contribution in [3.05, 3.63) is 119 Å². The maximum atomic E-state index is 14.4. The summed E-state index contributed by atoms with van der Waals surface area (Å²) in [5.41, 5.74) is 6.23. The van der Waals surface area contributed by atoms with Gasteiger partial charge >= 0.3 is 0 Å². The molecular formula is C34H41F. The van der Waals surface area contributed by atoms with Gasteiger partial charge in [0, 0.05) is 0 Å². The molecule has 1 aliphatic rings. The predicted octanol–water partition coefficient (Wildman–Crippen LogP) is 9.59. The van der Waals surface area contributed by atoms with E-state index < -0.39 is 0 Å². The molecule has 0 nitrogen and oxygen atoms in total. The van der Waals surface area contributed by atoms with Crippen molar-refractivity contribution in [3.8, 4) is 0 Å². The summed E-state index contributed by atoms with van der Waals surface area (Å²) in [5.74, 6) is 2.16. The fourth-order valence-corrected chi connectivity index (χ4v) is 5.75. The van der Waals surface area contributed by atoms with E-state index in [-0.39, 0.29) is 5.82 Å². The van der Waals surface area contributed by atoms with E-state index in [1.165, 1.54) is 48.8 Å². The minimum absolute atomic E-state index is 0.0592. The minimum Gasteiger partial charge on any atom is -0.207 e. The van der Waals surface area contributed by atoms with Gasteiger partial charge in [0.25, 0.3) is 0 Å². The van der Waals surface area contributed by atoms with Gasteiger partial charge in [-0.3, -0.25) is 0 Å². The molecule has 0 amide bonds. The minimum atomic E-state index is -0.0592. The fraction of sp³-hybridized carbons (Fsp3) is 0.412. The molecule has 1 atom stereocenters. The van der Waals surface area contributed by atoms with Crippen LogP contribution in [0.5, 0.6) is 0 Å². The van der Waals surface area contributed by atoms with Crippen LogP contribution in [0.25, 0.3) is 0 Å². The van der Waals surface area contributed by atoms with Crippen LogP contribution in [0.3, 0.4) is 0 Å². The van der Waals surface area contributed by atoms with Crippen molar-refractivity contribution < 1.29 is 4.39 Å². The fourth-order valence-electron chi connectivity index (χ4n) is 5.75. The maximum absolute atomic E-state index is 14.4. The molecule has 1 saturated carbocycles. The molecule has 0 spiro atoms. The zero-order valence-corrected chi connectivity index (χ0v) is 21.6. The van der Waals surface area contributed by atoms with E-state index in [0.29, 0.717) is 11.8 Å². The van der Waals surface area contributed by atoms with Crippen LogP contribution < -0.4 is 0 Å². The van der Waals surface area contributed by atoms with E-state index in [0.717, 1.165) is 42.7 Å². The maximum Gasteiger partial charge on any atom is 0.126 e. The van der Waals surface area contributed by atoms with Gasteiger partial charge < -0.3 is 0 Å². The number of allylic oxidation sites excluding steroid dienone is 2. The van der Waals surface area contributed by atoms with Gasteiger partial charge in [-0.2, -0.15) is 0 Å². The summed E-state index contributed by atoms with van der Waals surface area (Å²) in [4.78, 5) is 0. The Balaban J connectivity index is 1.23. The molecule has 0 aromatic heterocycles. The number of hydrogen-bond acceptors (Lipinski definition) is 0. The zero-order valence-electron chi connectivity index (χ0n) is 21.6. The Bertz CT molecular complexity index is 1060. The van der Waals surface area contributed by atoms with Gasteiger partial charge in [0.15, 0.2) is 0 Å². The van der Waals surface area contributed by atoms with Gasteiger partial charge in [-0.25, -0.2) is 4.39 Å². The Kier molecular flexibility index (Phi) is 9.35. The lowest BCUT2D eigenvalue weighted by Crippen LogP contribution is -2.15. The molecule has 0 N–H and O–H groups in total. The highest BCUT2D eigenvalue weighted by molar-refractivity contribution is 5.29. The summed E-state index contributed by atoms with van der Waals surface area (Å²) < 4.78 is 14.4. The van der Waals surface area contributed by atoms with Crippen LogP contribution in [0.2, 0.25) is 0 Å². The monoisotopic (exact) mass is 468 g/mol. The predicted molar refractivity (Wildman–Crippen MR) is 148 cm³/mol. The Labute approximate surface area is 212 Å². The topological polar surface area (TPSA) is 0 Å². The zero-order chi connectivity index (χ0) is 24.5. The highest BCUT2D eigenvalue weighted by Gasteiger charge is 2.24. The largest absolute Gasteiger partial charge is 0.207 e. The average molecular weight is 469 g/mol. The number of hydrogen-bond donors (Lipinski definition) is 0. The van der Waals surface area contributed by atoms with E-state index in [1.807, 2.05) is 19.1 Å². The highest BCUT2D eigenvalue weighted by Crippen LogP contribution is 2.39. The third-order valence-corrected chi connectivity index (χ3v) is 7.99. The lowest BCUT2D eigenvalue weighted by Gasteiger charge is -2.30. The summed E-state index contributed by atoms with van der Waals surface area (Å²) in [6.07, 6.45) is 14.3. The van der Waals surface area contributed by atoms with Crippen LogP contribution in [0.15, 0.2) is 84.9 Å². The summed E-state index contributed by atoms with van der Waals surface area (Å²) >= 11 is 0. The number of benzene rings is 3. The van der Waals surface area contributed by atoms with Crippen molar-refractivity contribution in [3.63, 3.8) is 0 Å². The second-order valence-corrected chi connectivity index (χ2v) is 10.5. The van der Waals surface area contributed by atoms with Crippen molar-refractivity contribution >= 4 is 0 Å². The summed E-state index contributed by atoms with van der Waals surface area (Å²) in [6, 6.07) is 26.0. The Hall–Kier alpha value is -2.67. The van der Waals surface area contributed by atoms with E-state index in [2.05, 4.69) is 73.7 Å². The van der Waals surface area contributed by atoms with Crippen LogP contribution in [-0.4, -0.2) is 0 Å². The van der Waals surface area contributed by atoms with Crippen molar-refractivity contribution in [2.75, 3.05) is 0 Å². The lowest BCUT2D eigenvalue weighted by molar-refractivity contribution is 0.297. The second kappa shape index (κ2) is 12.9. The highest BCUT2D eigenvalue weighted by atomic mass is 19.1. The van der Waals surface area contributed by atoms with Crippen LogP contribution >= 0.6 is 0 Å². The molecule has 0 bridgehead atoms. The van der Waals surface area contributed by atoms with Gasteiger partial charge in [0.05, 0.1) is 0 Å². The van der Waals surface area contributed by atoms with Crippen LogP contribution in [-0.2, 0) is 19.3 Å². The molecule has 1 aliphatic carbocycles. The first-order valence-corrected chi connectivity index (χ1v) is 13.6. The van der Waals surface area contributed by atoms with Crippen molar-refractivity contribution in [2.45, 2.75) is 83.5 Å². The van der Waals surface area contributed by atoms with E-state index in [1.54, 1.807) is 6.07 Å². The molecule has 3 aromatic carbocycles. The lowest BCUT2D eigenvalue weighted by atomic mass is 9.75. The standard InChI is InChI=1S/C34H41F/c1-3-4-6-11-33-23-18-29(25-34(33)35)13-12-27-14-19-31(20-15-27)32-21-16-28(17-22-32)24-26(2)30-9-7-5-8-10-30/h3-5,7-10,14-15,18-20,23,25-26,28,32H,6,11-13,16-17,21-22,24H2,1-2H3/t26-,28?,32?/m1/s1. The molecule has 0 unspecified atom stereocenters. The molecule has 0 saturated heterocycles. The quantitative estimate of drug-likeness (QED) is 0.260. The molecule has 0 radical (unpaired) electrons. The molecule has 1 fully saturated rings. The molecule has 184 valence electrons. The van der Waals surface area contributed by atoms with Gasteiger partial charge in [0.1, 0.15) is 5.82 Å². The van der Waals surface area contributed by atoms with Crippen molar-refractivity contribution in [1.82, 2.24) is 0 Å². The Morgan fingerprint density at radius 2 is 1.51 bits per heavy atom. The van der Waals surface area contributed by atoms with Crippen molar-refractivity contribution in [2.24, 2.45) is 5.92 Å². The van der Waals surface area contributed by atoms with E-state index in [4.69, 9.17) is 0 Å². The average Bonchev–Trinajstić information content (AvgIpc) is 2.90. The molecule has 4 rings (SSSR count). The van der Waals surface area contributed by atoms with Crippen LogP contribution in [0, 0.1) is 11.7 Å². The molecule has 35 heavy (non-hydrogen) atoms. The summed E-state index contributed by atoms with van der Waals surface area (Å²) in [6.45, 7) is 4.39. The first-order valence-electron chi connectivity index (χ1n) is 13.6. The van der Waals surface area contributed by atoms with Gasteiger partial charge in [-0.15, -0.1) is 0 Å². The van der Waals surface area contributed by atoms with E-state index >= 15 is 0 Å². The molecule has 0 aliphatic heterocycles. The second-order valence-electron chi connectivity index (χ2n) is 10.5. The number of halogens is 1. The third-order valence-electron chi connectivity index (χ3n) is 7.99. The molecule has 1 heteroatoms. The Morgan fingerprint density at radius 1 is 0.829 bits per heavy atom. The van der Waals surface area contributed by atoms with Gasteiger partial charge in [-0.1, -0.05) is 85.8 Å². The van der Waals surface area contributed by atoms with Gasteiger partial charge in [0.2, 0.25) is 0 Å². The van der Waals surface area contributed by atoms with Crippen LogP contribution in [0.4, 0.5) is 4.39 Å². The summed E-state index contributed by atoms with van der Waals surface area (Å²) in [7, 11) is 0. The number of rotatable bonds is 10. The third kappa shape index (κ3) is 7.40. The number of aryl methyl sites for hydroxylation is 3. The first kappa shape index (κ1) is 25.4. The molecule has 0 heterocycles. The molecule has 3 aromatic rings.